The van der Waals surface area contributed by atoms with Gasteiger partial charge < -0.3 is 10.6 Å². The van der Waals surface area contributed by atoms with E-state index < -0.39 is 11.7 Å². The van der Waals surface area contributed by atoms with Crippen LogP contribution in [-0.4, -0.2) is 23.3 Å². The molecule has 1 aliphatic heterocycles. The lowest BCUT2D eigenvalue weighted by Crippen LogP contribution is -2.25. The minimum Gasteiger partial charge on any atom is -0.352 e. The summed E-state index contributed by atoms with van der Waals surface area (Å²) in [5.41, 5.74) is 2.71. The first-order valence-electron chi connectivity index (χ1n) is 8.19. The number of fused-ring (bicyclic) bond motifs is 2. The number of rotatable bonds is 4. The van der Waals surface area contributed by atoms with E-state index in [0.29, 0.717) is 29.1 Å². The number of nitrogens with zero attached hydrogens (tertiary/aromatic N) is 1. The topological polar surface area (TPSA) is 71.1 Å². The van der Waals surface area contributed by atoms with E-state index in [4.69, 9.17) is 0 Å². The highest BCUT2D eigenvalue weighted by Crippen LogP contribution is 2.39. The molecule has 0 spiro atoms. The molecule has 2 heterocycles. The van der Waals surface area contributed by atoms with Crippen LogP contribution in [0.2, 0.25) is 0 Å². The lowest BCUT2D eigenvalue weighted by atomic mass is 10.1. The maximum absolute atomic E-state index is 14.0. The first-order valence-corrected chi connectivity index (χ1v) is 9.89. The highest BCUT2D eigenvalue weighted by molar-refractivity contribution is 7.99. The Morgan fingerprint density at radius 1 is 1.22 bits per heavy atom. The van der Waals surface area contributed by atoms with Gasteiger partial charge in [0.2, 0.25) is 0 Å². The predicted octanol–water partition coefficient (Wildman–Crippen LogP) is 3.97. The summed E-state index contributed by atoms with van der Waals surface area (Å²) in [6.45, 7) is 0.496. The molecule has 136 valence electrons. The number of nitrogens with one attached hydrogen (secondary N) is 2. The molecular formula is C19H14FN3O2S2. The Hall–Kier alpha value is -2.71. The number of amides is 2. The maximum Gasteiger partial charge on any atom is 0.259 e. The van der Waals surface area contributed by atoms with Gasteiger partial charge >= 0.3 is 0 Å². The van der Waals surface area contributed by atoms with Crippen molar-refractivity contribution in [2.45, 2.75) is 16.2 Å². The van der Waals surface area contributed by atoms with E-state index in [-0.39, 0.29) is 11.5 Å². The van der Waals surface area contributed by atoms with Crippen molar-refractivity contribution in [2.24, 2.45) is 0 Å². The van der Waals surface area contributed by atoms with Gasteiger partial charge in [0, 0.05) is 39.4 Å². The molecule has 4 rings (SSSR count). The molecule has 0 aliphatic carbocycles. The lowest BCUT2D eigenvalue weighted by Gasteiger charge is -2.09. The first kappa shape index (κ1) is 17.7. The van der Waals surface area contributed by atoms with Crippen LogP contribution in [0.4, 0.5) is 10.1 Å². The average Bonchev–Trinajstić information content (AvgIpc) is 3.11. The molecular weight excluding hydrogens is 385 g/mol. The Kier molecular flexibility index (Phi) is 4.91. The number of halogens is 1. The summed E-state index contributed by atoms with van der Waals surface area (Å²) in [7, 11) is 0. The van der Waals surface area contributed by atoms with Gasteiger partial charge in [0.15, 0.2) is 0 Å². The van der Waals surface area contributed by atoms with Crippen molar-refractivity contribution < 1.29 is 14.0 Å². The maximum atomic E-state index is 14.0. The molecule has 3 aromatic rings. The fourth-order valence-electron chi connectivity index (χ4n) is 2.74. The van der Waals surface area contributed by atoms with Gasteiger partial charge in [0.25, 0.3) is 11.8 Å². The molecule has 2 amide bonds. The molecule has 2 N–H and O–H groups in total. The van der Waals surface area contributed by atoms with Crippen LogP contribution in [0.1, 0.15) is 25.6 Å². The Bertz CT molecular complexity index is 1020. The van der Waals surface area contributed by atoms with Gasteiger partial charge in [-0.1, -0.05) is 17.8 Å². The van der Waals surface area contributed by atoms with Gasteiger partial charge in [0.1, 0.15) is 5.82 Å². The number of thiazole rings is 1. The van der Waals surface area contributed by atoms with Crippen LogP contribution in [-0.2, 0) is 6.42 Å². The molecule has 5 nitrogen and oxygen atoms in total. The normalized spacial score (nSPS) is 12.6. The third-order valence-electron chi connectivity index (χ3n) is 4.05. The summed E-state index contributed by atoms with van der Waals surface area (Å²) in [6, 6.07) is 9.62. The molecule has 0 atom stereocenters. The second-order valence-corrected chi connectivity index (χ2v) is 7.91. The molecule has 1 aliphatic rings. The summed E-state index contributed by atoms with van der Waals surface area (Å²) >= 11 is 2.84. The van der Waals surface area contributed by atoms with Gasteiger partial charge in [-0.25, -0.2) is 4.39 Å². The van der Waals surface area contributed by atoms with Crippen molar-refractivity contribution in [3.05, 3.63) is 69.9 Å². The zero-order chi connectivity index (χ0) is 18.8. The van der Waals surface area contributed by atoms with Crippen LogP contribution in [0.25, 0.3) is 0 Å². The second kappa shape index (κ2) is 7.50. The molecule has 0 fully saturated rings. The summed E-state index contributed by atoms with van der Waals surface area (Å²) in [4.78, 5) is 31.2. The van der Waals surface area contributed by atoms with E-state index in [0.717, 1.165) is 9.77 Å². The van der Waals surface area contributed by atoms with E-state index in [1.54, 1.807) is 53.4 Å². The van der Waals surface area contributed by atoms with Crippen LogP contribution in [0, 0.1) is 5.82 Å². The molecule has 0 radical (unpaired) electrons. The predicted molar refractivity (Wildman–Crippen MR) is 103 cm³/mol. The molecule has 0 saturated heterocycles. The number of carbonyl (C=O) groups excluding carboxylic acids is 2. The quantitative estimate of drug-likeness (QED) is 0.696. The molecule has 27 heavy (non-hydrogen) atoms. The van der Waals surface area contributed by atoms with E-state index in [9.17, 15) is 14.0 Å². The molecule has 0 bridgehead atoms. The summed E-state index contributed by atoms with van der Waals surface area (Å²) in [5, 5.41) is 5.56. The summed E-state index contributed by atoms with van der Waals surface area (Å²) in [5.74, 6) is -1.31. The van der Waals surface area contributed by atoms with Crippen molar-refractivity contribution >= 4 is 40.6 Å². The minimum atomic E-state index is -0.564. The van der Waals surface area contributed by atoms with Crippen molar-refractivity contribution in [3.8, 4) is 0 Å². The second-order valence-electron chi connectivity index (χ2n) is 5.85. The fourth-order valence-corrected chi connectivity index (χ4v) is 4.37. The molecule has 2 aromatic carbocycles. The highest BCUT2D eigenvalue weighted by Gasteiger charge is 2.23. The number of hydrogen-bond donors (Lipinski definition) is 2. The lowest BCUT2D eigenvalue weighted by molar-refractivity contribution is 0.0952. The van der Waals surface area contributed by atoms with Gasteiger partial charge in [-0.15, -0.1) is 11.3 Å². The van der Waals surface area contributed by atoms with Crippen LogP contribution in [0.3, 0.4) is 0 Å². The highest BCUT2D eigenvalue weighted by atomic mass is 32.2. The average molecular weight is 399 g/mol. The van der Waals surface area contributed by atoms with E-state index >= 15 is 0 Å². The van der Waals surface area contributed by atoms with Crippen molar-refractivity contribution in [3.63, 3.8) is 0 Å². The zero-order valence-electron chi connectivity index (χ0n) is 14.0. The zero-order valence-corrected chi connectivity index (χ0v) is 15.6. The van der Waals surface area contributed by atoms with Crippen LogP contribution in [0.5, 0.6) is 0 Å². The van der Waals surface area contributed by atoms with Crippen molar-refractivity contribution in [1.29, 1.82) is 0 Å². The number of benzene rings is 2. The Labute approximate surface area is 163 Å². The van der Waals surface area contributed by atoms with Gasteiger partial charge in [-0.2, -0.15) is 0 Å². The Morgan fingerprint density at radius 3 is 2.93 bits per heavy atom. The Balaban J connectivity index is 1.52. The van der Waals surface area contributed by atoms with Crippen LogP contribution < -0.4 is 10.6 Å². The number of aromatic nitrogens is 1. The van der Waals surface area contributed by atoms with Gasteiger partial charge in [-0.05, 0) is 30.3 Å². The standard InChI is InChI=1S/C19H14FN3O2S2/c20-13-2-1-3-16-17(13)19(25)23-14-8-11(4-5-15(14)27-16)18(24)22-7-6-12-9-21-10-26-12/h1-5,8-10H,6-7H2,(H,22,24)(H,23,25). The van der Waals surface area contributed by atoms with Crippen LogP contribution >= 0.6 is 23.1 Å². The molecule has 0 unspecified atom stereocenters. The van der Waals surface area contributed by atoms with Gasteiger partial charge in [-0.3, -0.25) is 14.6 Å². The number of hydrogen-bond acceptors (Lipinski definition) is 5. The summed E-state index contributed by atoms with van der Waals surface area (Å²) < 4.78 is 14.0. The largest absolute Gasteiger partial charge is 0.352 e. The van der Waals surface area contributed by atoms with Crippen LogP contribution in [0.15, 0.2) is 57.9 Å². The first-order chi connectivity index (χ1) is 13.1. The fraction of sp³-hybridized carbons (Fsp3) is 0.105. The number of anilines is 1. The minimum absolute atomic E-state index is 0.0225. The SMILES string of the molecule is O=C(NCCc1cncs1)c1ccc2c(c1)NC(=O)c1c(F)cccc1S2. The monoisotopic (exact) mass is 399 g/mol. The third kappa shape index (κ3) is 3.72. The smallest absolute Gasteiger partial charge is 0.259 e. The third-order valence-corrected chi connectivity index (χ3v) is 6.03. The van der Waals surface area contributed by atoms with E-state index in [1.807, 2.05) is 0 Å². The van der Waals surface area contributed by atoms with Crippen molar-refractivity contribution in [1.82, 2.24) is 10.3 Å². The summed E-state index contributed by atoms with van der Waals surface area (Å²) in [6.07, 6.45) is 2.49. The molecule has 1 aromatic heterocycles. The van der Waals surface area contributed by atoms with E-state index in [1.165, 1.54) is 17.8 Å². The molecule has 0 saturated carbocycles. The van der Waals surface area contributed by atoms with Gasteiger partial charge in [0.05, 0.1) is 16.8 Å². The van der Waals surface area contributed by atoms with Crippen molar-refractivity contribution in [2.75, 3.05) is 11.9 Å². The molecule has 8 heteroatoms. The van der Waals surface area contributed by atoms with E-state index in [2.05, 4.69) is 15.6 Å². The number of carbonyl (C=O) groups is 2. The Morgan fingerprint density at radius 2 is 2.11 bits per heavy atom.